The van der Waals surface area contributed by atoms with Gasteiger partial charge in [0, 0.05) is 18.5 Å². The zero-order chi connectivity index (χ0) is 21.1. The van der Waals surface area contributed by atoms with Crippen LogP contribution in [0.2, 0.25) is 0 Å². The number of aromatic nitrogens is 2. The molecular formula is C23H23N3O4. The minimum absolute atomic E-state index is 0.0497. The lowest BCUT2D eigenvalue weighted by Gasteiger charge is -2.16. The molecular weight excluding hydrogens is 382 g/mol. The molecule has 0 fully saturated rings. The molecule has 30 heavy (non-hydrogen) atoms. The Labute approximate surface area is 173 Å². The molecule has 7 heteroatoms. The fourth-order valence-electron chi connectivity index (χ4n) is 3.72. The maximum Gasteiger partial charge on any atom is 0.338 e. The Morgan fingerprint density at radius 3 is 2.50 bits per heavy atom. The van der Waals surface area contributed by atoms with E-state index in [2.05, 4.69) is 4.98 Å². The average molecular weight is 405 g/mol. The van der Waals surface area contributed by atoms with Crippen LogP contribution in [0.15, 0.2) is 47.3 Å². The molecule has 1 amide bonds. The second-order valence-electron chi connectivity index (χ2n) is 7.52. The summed E-state index contributed by atoms with van der Waals surface area (Å²) in [5.74, 6) is -0.219. The van der Waals surface area contributed by atoms with Crippen molar-refractivity contribution in [1.29, 1.82) is 0 Å². The summed E-state index contributed by atoms with van der Waals surface area (Å²) in [6.07, 6.45) is 5.01. The van der Waals surface area contributed by atoms with Gasteiger partial charge in [-0.05, 0) is 48.7 Å². The van der Waals surface area contributed by atoms with Gasteiger partial charge in [-0.1, -0.05) is 25.0 Å². The number of fused-ring (bicyclic) bond motifs is 2. The number of primary amides is 1. The largest absolute Gasteiger partial charge is 0.457 e. The van der Waals surface area contributed by atoms with Crippen molar-refractivity contribution in [2.24, 2.45) is 5.73 Å². The molecule has 1 aliphatic heterocycles. The normalized spacial score (nSPS) is 13.9. The number of ether oxygens (including phenoxy) is 1. The highest BCUT2D eigenvalue weighted by Gasteiger charge is 2.15. The van der Waals surface area contributed by atoms with Crippen LogP contribution in [-0.2, 0) is 24.3 Å². The lowest BCUT2D eigenvalue weighted by molar-refractivity contribution is 0.0472. The summed E-state index contributed by atoms with van der Waals surface area (Å²) in [6.45, 7) is 0.756. The molecule has 0 spiro atoms. The third kappa shape index (κ3) is 4.10. The Bertz CT molecular complexity index is 1170. The van der Waals surface area contributed by atoms with E-state index >= 15 is 0 Å². The number of carbonyl (C=O) groups excluding carboxylic acids is 2. The molecule has 2 heterocycles. The van der Waals surface area contributed by atoms with Crippen molar-refractivity contribution in [3.8, 4) is 0 Å². The second kappa shape index (κ2) is 8.49. The molecule has 0 atom stereocenters. The molecule has 0 unspecified atom stereocenters. The molecule has 154 valence electrons. The van der Waals surface area contributed by atoms with Gasteiger partial charge in [0.15, 0.2) is 0 Å². The van der Waals surface area contributed by atoms with Crippen LogP contribution in [0.3, 0.4) is 0 Å². The molecule has 1 aliphatic rings. The fourth-order valence-corrected chi connectivity index (χ4v) is 3.72. The summed E-state index contributed by atoms with van der Waals surface area (Å²) < 4.78 is 7.15. The molecule has 0 saturated heterocycles. The lowest BCUT2D eigenvalue weighted by atomic mass is 10.1. The molecule has 3 aromatic rings. The number of aryl methyl sites for hydroxylation is 1. The standard InChI is InChI=1S/C23H23N3O4/c24-21(27)16-8-6-15(7-9-16)14-30-23(29)17-10-11-18-19(13-17)25-20-5-3-1-2-4-12-26(20)22(18)28/h6-11,13H,1-5,12,14H2,(H2,24,27). The molecule has 0 radical (unpaired) electrons. The predicted octanol–water partition coefficient (Wildman–Crippen LogP) is 2.97. The Morgan fingerprint density at radius 1 is 1.00 bits per heavy atom. The smallest absolute Gasteiger partial charge is 0.338 e. The summed E-state index contributed by atoms with van der Waals surface area (Å²) in [5.41, 5.74) is 7.18. The van der Waals surface area contributed by atoms with Crippen molar-refractivity contribution in [3.05, 3.63) is 75.3 Å². The van der Waals surface area contributed by atoms with Crippen molar-refractivity contribution in [2.45, 2.75) is 45.3 Å². The third-order valence-corrected chi connectivity index (χ3v) is 5.41. The summed E-state index contributed by atoms with van der Waals surface area (Å²) in [7, 11) is 0. The number of carbonyl (C=O) groups is 2. The van der Waals surface area contributed by atoms with Gasteiger partial charge in [-0.3, -0.25) is 14.2 Å². The van der Waals surface area contributed by atoms with Gasteiger partial charge in [0.1, 0.15) is 12.4 Å². The van der Waals surface area contributed by atoms with E-state index in [-0.39, 0.29) is 12.2 Å². The minimum atomic E-state index is -0.508. The number of nitrogens with two attached hydrogens (primary N) is 1. The molecule has 7 nitrogen and oxygen atoms in total. The molecule has 0 saturated carbocycles. The van der Waals surface area contributed by atoms with Gasteiger partial charge >= 0.3 is 5.97 Å². The predicted molar refractivity (Wildman–Crippen MR) is 112 cm³/mol. The van der Waals surface area contributed by atoms with Gasteiger partial charge in [-0.2, -0.15) is 0 Å². The first-order valence-corrected chi connectivity index (χ1v) is 10.1. The lowest BCUT2D eigenvalue weighted by Crippen LogP contribution is -2.26. The highest BCUT2D eigenvalue weighted by molar-refractivity contribution is 5.94. The molecule has 0 aliphatic carbocycles. The Kier molecular flexibility index (Phi) is 5.61. The van der Waals surface area contributed by atoms with Gasteiger partial charge in [0.25, 0.3) is 5.56 Å². The summed E-state index contributed by atoms with van der Waals surface area (Å²) in [4.78, 5) is 41.2. The second-order valence-corrected chi connectivity index (χ2v) is 7.52. The van der Waals surface area contributed by atoms with Crippen molar-refractivity contribution < 1.29 is 14.3 Å². The maximum absolute atomic E-state index is 12.9. The van der Waals surface area contributed by atoms with Crippen molar-refractivity contribution in [1.82, 2.24) is 9.55 Å². The van der Waals surface area contributed by atoms with Crippen LogP contribution >= 0.6 is 0 Å². The molecule has 2 aromatic carbocycles. The van der Waals surface area contributed by atoms with Gasteiger partial charge in [0.2, 0.25) is 5.91 Å². The van der Waals surface area contributed by atoms with Crippen LogP contribution in [0.25, 0.3) is 10.9 Å². The molecule has 2 N–H and O–H groups in total. The molecule has 0 bridgehead atoms. The fraction of sp³-hybridized carbons (Fsp3) is 0.304. The van der Waals surface area contributed by atoms with E-state index in [9.17, 15) is 14.4 Å². The summed E-state index contributed by atoms with van der Waals surface area (Å²) in [5, 5.41) is 0.512. The number of amides is 1. The van der Waals surface area contributed by atoms with Crippen LogP contribution in [0.4, 0.5) is 0 Å². The highest BCUT2D eigenvalue weighted by Crippen LogP contribution is 2.17. The average Bonchev–Trinajstić information content (AvgIpc) is 2.73. The van der Waals surface area contributed by atoms with Crippen molar-refractivity contribution in [3.63, 3.8) is 0 Å². The third-order valence-electron chi connectivity index (χ3n) is 5.41. The Morgan fingerprint density at radius 2 is 1.73 bits per heavy atom. The van der Waals surface area contributed by atoms with Gasteiger partial charge in [-0.25, -0.2) is 9.78 Å². The zero-order valence-electron chi connectivity index (χ0n) is 16.6. The Balaban J connectivity index is 1.55. The molecule has 4 rings (SSSR count). The van der Waals surface area contributed by atoms with E-state index in [1.54, 1.807) is 47.0 Å². The van der Waals surface area contributed by atoms with Crippen LogP contribution in [0.1, 0.15) is 57.8 Å². The van der Waals surface area contributed by atoms with Crippen molar-refractivity contribution in [2.75, 3.05) is 0 Å². The number of rotatable bonds is 4. The Hall–Kier alpha value is -3.48. The van der Waals surface area contributed by atoms with E-state index in [1.807, 2.05) is 0 Å². The van der Waals surface area contributed by atoms with Gasteiger partial charge < -0.3 is 10.5 Å². The first-order valence-electron chi connectivity index (χ1n) is 10.1. The van der Waals surface area contributed by atoms with Gasteiger partial charge in [-0.15, -0.1) is 0 Å². The van der Waals surface area contributed by atoms with Crippen LogP contribution in [0.5, 0.6) is 0 Å². The van der Waals surface area contributed by atoms with E-state index in [0.717, 1.165) is 43.5 Å². The first-order chi connectivity index (χ1) is 14.5. The van der Waals surface area contributed by atoms with Crippen LogP contribution in [-0.4, -0.2) is 21.4 Å². The van der Waals surface area contributed by atoms with Crippen molar-refractivity contribution >= 4 is 22.8 Å². The van der Waals surface area contributed by atoms with E-state index < -0.39 is 11.9 Å². The monoisotopic (exact) mass is 405 g/mol. The van der Waals surface area contributed by atoms with Crippen LogP contribution < -0.4 is 11.3 Å². The highest BCUT2D eigenvalue weighted by atomic mass is 16.5. The number of nitrogens with zero attached hydrogens (tertiary/aromatic N) is 2. The summed E-state index contributed by atoms with van der Waals surface area (Å²) in [6, 6.07) is 11.4. The zero-order valence-corrected chi connectivity index (χ0v) is 16.6. The molecule has 1 aromatic heterocycles. The topological polar surface area (TPSA) is 104 Å². The van der Waals surface area contributed by atoms with Crippen LogP contribution in [0, 0.1) is 0 Å². The van der Waals surface area contributed by atoms with E-state index in [4.69, 9.17) is 10.5 Å². The van der Waals surface area contributed by atoms with E-state index in [0.29, 0.717) is 28.6 Å². The number of benzene rings is 2. The SMILES string of the molecule is NC(=O)c1ccc(COC(=O)c2ccc3c(=O)n4c(nc3c2)CCCCCC4)cc1. The quantitative estimate of drug-likeness (QED) is 0.672. The number of hydrogen-bond donors (Lipinski definition) is 1. The summed E-state index contributed by atoms with van der Waals surface area (Å²) >= 11 is 0. The van der Waals surface area contributed by atoms with Gasteiger partial charge in [0.05, 0.1) is 16.5 Å². The number of hydrogen-bond acceptors (Lipinski definition) is 5. The first kappa shape index (κ1) is 19.8. The number of esters is 1. The maximum atomic E-state index is 12.9. The minimum Gasteiger partial charge on any atom is -0.457 e. The van der Waals surface area contributed by atoms with E-state index in [1.165, 1.54) is 0 Å².